The maximum Gasteiger partial charge on any atom is 0.306 e. The predicted molar refractivity (Wildman–Crippen MR) is 270 cm³/mol. The van der Waals surface area contributed by atoms with Gasteiger partial charge >= 0.3 is 5.97 Å². The van der Waals surface area contributed by atoms with E-state index in [4.69, 9.17) is 28.4 Å². The fourth-order valence-corrected chi connectivity index (χ4v) is 8.61. The average molecular weight is 985 g/mol. The lowest BCUT2D eigenvalue weighted by atomic mass is 9.98. The Balaban J connectivity index is 1.71. The van der Waals surface area contributed by atoms with E-state index in [9.17, 15) is 40.5 Å². The van der Waals surface area contributed by atoms with Gasteiger partial charge in [0.05, 0.1) is 26.4 Å². The number of allylic oxidation sites excluding steroid dienone is 6. The van der Waals surface area contributed by atoms with Gasteiger partial charge in [-0.1, -0.05) is 172 Å². The van der Waals surface area contributed by atoms with Crippen LogP contribution in [0, 0.1) is 0 Å². The quantitative estimate of drug-likeness (QED) is 0.0173. The number of unbranched alkanes of at least 4 members (excludes halogenated alkanes) is 24. The molecule has 0 saturated carbocycles. The summed E-state index contributed by atoms with van der Waals surface area (Å²) in [4.78, 5) is 13.0. The molecule has 0 spiro atoms. The summed E-state index contributed by atoms with van der Waals surface area (Å²) in [6.07, 6.45) is 32.1. The second-order valence-corrected chi connectivity index (χ2v) is 19.4. The third kappa shape index (κ3) is 30.1. The Morgan fingerprint density at radius 1 is 0.478 bits per heavy atom. The van der Waals surface area contributed by atoms with Gasteiger partial charge in [0, 0.05) is 13.0 Å². The zero-order valence-corrected chi connectivity index (χ0v) is 43.1. The Morgan fingerprint density at radius 3 is 1.46 bits per heavy atom. The van der Waals surface area contributed by atoms with Crippen LogP contribution in [0.25, 0.3) is 0 Å². The van der Waals surface area contributed by atoms with Gasteiger partial charge in [-0.3, -0.25) is 4.79 Å². The molecular weight excluding hydrogens is 885 g/mol. The standard InChI is InChI=1S/C55H100O14/c1-3-5-7-9-11-13-15-17-18-19-20-21-22-23-24-25-27-29-31-33-35-37-39-64-41-44(67-47(57)38-36-34-32-30-28-26-16-14-12-10-8-6-4-2)42-65-54-53(63)51(61)49(59)46(69-54)43-66-55-52(62)50(60)48(58)45(40-56)68-55/h8,10,14,16,19-20,44-46,48-56,58-63H,3-7,9,11-13,15,17-18,21-43H2,1-2H3/b10-8-,16-14-,20-19-. The Kier molecular flexibility index (Phi) is 39.2. The van der Waals surface area contributed by atoms with Crippen molar-refractivity contribution in [2.45, 2.75) is 274 Å². The largest absolute Gasteiger partial charge is 0.457 e. The molecule has 0 aliphatic carbocycles. The molecule has 2 heterocycles. The van der Waals surface area contributed by atoms with E-state index in [0.717, 1.165) is 64.2 Å². The van der Waals surface area contributed by atoms with Crippen molar-refractivity contribution in [2.75, 3.05) is 33.0 Å². The van der Waals surface area contributed by atoms with Crippen LogP contribution in [0.15, 0.2) is 36.5 Å². The molecule has 69 heavy (non-hydrogen) atoms. The van der Waals surface area contributed by atoms with Gasteiger partial charge < -0.3 is 64.2 Å². The normalized spacial score (nSPS) is 25.9. The molecule has 11 atom stereocenters. The van der Waals surface area contributed by atoms with Crippen LogP contribution in [0.4, 0.5) is 0 Å². The maximum atomic E-state index is 13.0. The first-order valence-electron chi connectivity index (χ1n) is 27.6. The first-order chi connectivity index (χ1) is 33.6. The van der Waals surface area contributed by atoms with Crippen LogP contribution < -0.4 is 0 Å². The van der Waals surface area contributed by atoms with Gasteiger partial charge in [0.2, 0.25) is 0 Å². The molecule has 0 aromatic heterocycles. The molecule has 404 valence electrons. The number of esters is 1. The SMILES string of the molecule is CCC/C=C\C/C=C\CCCCCCCC(=O)OC(COCCCCCCCCCCCC/C=C\CCCCCCCCCC)COC1OC(COC2OC(CO)C(O)C(O)C2O)C(O)C(O)C1O. The van der Waals surface area contributed by atoms with Crippen molar-refractivity contribution in [1.29, 1.82) is 0 Å². The van der Waals surface area contributed by atoms with Gasteiger partial charge in [-0.05, 0) is 64.2 Å². The van der Waals surface area contributed by atoms with Crippen molar-refractivity contribution in [1.82, 2.24) is 0 Å². The fourth-order valence-electron chi connectivity index (χ4n) is 8.61. The van der Waals surface area contributed by atoms with Crippen molar-refractivity contribution >= 4 is 5.97 Å². The Morgan fingerprint density at radius 2 is 0.928 bits per heavy atom. The smallest absolute Gasteiger partial charge is 0.306 e. The van der Waals surface area contributed by atoms with E-state index in [0.29, 0.717) is 13.0 Å². The molecule has 2 fully saturated rings. The minimum absolute atomic E-state index is 0.0559. The third-order valence-electron chi connectivity index (χ3n) is 13.1. The van der Waals surface area contributed by atoms with Gasteiger partial charge in [0.25, 0.3) is 0 Å². The minimum Gasteiger partial charge on any atom is -0.457 e. The monoisotopic (exact) mass is 985 g/mol. The van der Waals surface area contributed by atoms with Gasteiger partial charge in [-0.15, -0.1) is 0 Å². The van der Waals surface area contributed by atoms with Gasteiger partial charge in [0.1, 0.15) is 54.9 Å². The molecule has 2 saturated heterocycles. The van der Waals surface area contributed by atoms with Gasteiger partial charge in [-0.2, -0.15) is 0 Å². The molecule has 11 unspecified atom stereocenters. The molecule has 2 aliphatic heterocycles. The van der Waals surface area contributed by atoms with Crippen LogP contribution in [0.2, 0.25) is 0 Å². The number of carbonyl (C=O) groups is 1. The molecule has 0 radical (unpaired) electrons. The van der Waals surface area contributed by atoms with E-state index >= 15 is 0 Å². The summed E-state index contributed by atoms with van der Waals surface area (Å²) in [5.74, 6) is -0.390. The Hall–Kier alpha value is -1.79. The van der Waals surface area contributed by atoms with Crippen LogP contribution in [-0.2, 0) is 33.2 Å². The summed E-state index contributed by atoms with van der Waals surface area (Å²) < 4.78 is 34.3. The molecule has 0 bridgehead atoms. The van der Waals surface area contributed by atoms with Crippen molar-refractivity contribution in [2.24, 2.45) is 0 Å². The molecule has 2 aliphatic rings. The highest BCUT2D eigenvalue weighted by atomic mass is 16.7. The number of rotatable bonds is 44. The van der Waals surface area contributed by atoms with Gasteiger partial charge in [0.15, 0.2) is 12.6 Å². The van der Waals surface area contributed by atoms with Crippen molar-refractivity contribution < 1.29 is 69.0 Å². The second-order valence-electron chi connectivity index (χ2n) is 19.4. The molecule has 0 aromatic carbocycles. The number of hydrogen-bond donors (Lipinski definition) is 7. The lowest BCUT2D eigenvalue weighted by molar-refractivity contribution is -0.332. The number of aliphatic hydroxyl groups is 7. The highest BCUT2D eigenvalue weighted by molar-refractivity contribution is 5.69. The summed E-state index contributed by atoms with van der Waals surface area (Å²) >= 11 is 0. The zero-order chi connectivity index (χ0) is 50.2. The molecule has 2 rings (SSSR count). The van der Waals surface area contributed by atoms with E-state index in [1.54, 1.807) is 0 Å². The first-order valence-corrected chi connectivity index (χ1v) is 27.6. The lowest BCUT2D eigenvalue weighted by Gasteiger charge is -2.42. The molecule has 14 nitrogen and oxygen atoms in total. The summed E-state index contributed by atoms with van der Waals surface area (Å²) in [6.45, 7) is 3.62. The molecule has 0 aromatic rings. The molecule has 14 heteroatoms. The van der Waals surface area contributed by atoms with E-state index in [1.807, 2.05) is 0 Å². The Bertz CT molecular complexity index is 1280. The third-order valence-corrected chi connectivity index (χ3v) is 13.1. The lowest BCUT2D eigenvalue weighted by Crippen LogP contribution is -2.61. The van der Waals surface area contributed by atoms with Crippen molar-refractivity contribution in [3.8, 4) is 0 Å². The summed E-state index contributed by atoms with van der Waals surface area (Å²) in [6, 6.07) is 0. The molecular formula is C55H100O14. The zero-order valence-electron chi connectivity index (χ0n) is 43.1. The Labute approximate surface area is 417 Å². The summed E-state index contributed by atoms with van der Waals surface area (Å²) in [7, 11) is 0. The number of hydrogen-bond acceptors (Lipinski definition) is 14. The van der Waals surface area contributed by atoms with E-state index < -0.39 is 80.7 Å². The topological polar surface area (TPSA) is 214 Å². The second kappa shape index (κ2) is 42.7. The minimum atomic E-state index is -1.71. The first kappa shape index (κ1) is 63.3. The van der Waals surface area contributed by atoms with Crippen LogP contribution in [0.3, 0.4) is 0 Å². The average Bonchev–Trinajstić information content (AvgIpc) is 3.35. The number of ether oxygens (including phenoxy) is 6. The van der Waals surface area contributed by atoms with E-state index in [-0.39, 0.29) is 25.6 Å². The highest BCUT2D eigenvalue weighted by Crippen LogP contribution is 2.26. The van der Waals surface area contributed by atoms with Crippen LogP contribution in [0.5, 0.6) is 0 Å². The maximum absolute atomic E-state index is 13.0. The number of carbonyl (C=O) groups excluding carboxylic acids is 1. The van der Waals surface area contributed by atoms with E-state index in [1.165, 1.54) is 116 Å². The van der Waals surface area contributed by atoms with E-state index in [2.05, 4.69) is 50.3 Å². The summed E-state index contributed by atoms with van der Waals surface area (Å²) in [5, 5.41) is 72.2. The van der Waals surface area contributed by atoms with Crippen molar-refractivity contribution in [3.63, 3.8) is 0 Å². The fraction of sp³-hybridized carbons (Fsp3) is 0.873. The van der Waals surface area contributed by atoms with Crippen LogP contribution in [0.1, 0.15) is 206 Å². The molecule has 0 amide bonds. The van der Waals surface area contributed by atoms with Crippen molar-refractivity contribution in [3.05, 3.63) is 36.5 Å². The van der Waals surface area contributed by atoms with Gasteiger partial charge in [-0.25, -0.2) is 0 Å². The van der Waals surface area contributed by atoms with Crippen LogP contribution >= 0.6 is 0 Å². The predicted octanol–water partition coefficient (Wildman–Crippen LogP) is 8.97. The molecule has 7 N–H and O–H groups in total. The van der Waals surface area contributed by atoms with Crippen LogP contribution in [-0.4, -0.2) is 142 Å². The highest BCUT2D eigenvalue weighted by Gasteiger charge is 2.47. The summed E-state index contributed by atoms with van der Waals surface area (Å²) in [5.41, 5.74) is 0. The number of aliphatic hydroxyl groups excluding tert-OH is 7.